The van der Waals surface area contributed by atoms with Crippen molar-refractivity contribution in [2.75, 3.05) is 26.5 Å². The third-order valence-corrected chi connectivity index (χ3v) is 3.31. The highest BCUT2D eigenvalue weighted by molar-refractivity contribution is 7.84. The van der Waals surface area contributed by atoms with Crippen LogP contribution >= 0.6 is 0 Å². The molecule has 0 atom stereocenters. The van der Waals surface area contributed by atoms with Crippen LogP contribution in [0.3, 0.4) is 0 Å². The van der Waals surface area contributed by atoms with E-state index in [0.717, 1.165) is 17.1 Å². The Labute approximate surface area is 108 Å². The number of nitrogens with zero attached hydrogens (tertiary/aromatic N) is 1. The quantitative estimate of drug-likeness (QED) is 0.456. The van der Waals surface area contributed by atoms with Crippen molar-refractivity contribution in [2.45, 2.75) is 33.1 Å². The number of carbonyl (C=O) groups is 1. The molecule has 0 aliphatic carbocycles. The fourth-order valence-electron chi connectivity index (χ4n) is 1.10. The second-order valence-electron chi connectivity index (χ2n) is 3.64. The van der Waals surface area contributed by atoms with Gasteiger partial charge in [0, 0.05) is 13.2 Å². The lowest BCUT2D eigenvalue weighted by atomic mass is 10.4. The summed E-state index contributed by atoms with van der Waals surface area (Å²) in [4.78, 5) is 10.8. The molecule has 0 radical (unpaired) electrons. The molecule has 108 valence electrons. The maximum Gasteiger partial charge on any atom is 0.389 e. The molecule has 0 bridgehead atoms. The lowest BCUT2D eigenvalue weighted by Crippen LogP contribution is -2.37. The van der Waals surface area contributed by atoms with Crippen LogP contribution < -0.4 is 0 Å². The number of hydrogen-bond donors (Lipinski definition) is 1. The highest BCUT2D eigenvalue weighted by Crippen LogP contribution is 2.06. The highest BCUT2D eigenvalue weighted by Gasteiger charge is 2.25. The van der Waals surface area contributed by atoms with Gasteiger partial charge in [-0.1, -0.05) is 20.3 Å². The van der Waals surface area contributed by atoms with E-state index in [2.05, 4.69) is 4.18 Å². The van der Waals surface area contributed by atoms with E-state index in [1.54, 1.807) is 6.92 Å². The van der Waals surface area contributed by atoms with Gasteiger partial charge < -0.3 is 14.0 Å². The molecule has 0 aromatic rings. The van der Waals surface area contributed by atoms with Crippen molar-refractivity contribution in [3.05, 3.63) is 0 Å². The average Bonchev–Trinajstić information content (AvgIpc) is 2.32. The van der Waals surface area contributed by atoms with Gasteiger partial charge in [-0.25, -0.2) is 4.79 Å². The van der Waals surface area contributed by atoms with Crippen LogP contribution in [-0.2, 0) is 24.0 Å². The van der Waals surface area contributed by atoms with Crippen LogP contribution in [0.25, 0.3) is 0 Å². The summed E-state index contributed by atoms with van der Waals surface area (Å²) in [5, 5.41) is 8.47. The van der Waals surface area contributed by atoms with Crippen molar-refractivity contribution in [3.8, 4) is 0 Å². The fourth-order valence-corrected chi connectivity index (χ4v) is 2.10. The smallest absolute Gasteiger partial charge is 0.385 e. The Morgan fingerprint density at radius 1 is 1.28 bits per heavy atom. The minimum absolute atomic E-state index is 0.158. The van der Waals surface area contributed by atoms with Crippen molar-refractivity contribution in [2.24, 2.45) is 0 Å². The van der Waals surface area contributed by atoms with E-state index >= 15 is 0 Å². The molecular formula is C10H21NO6S. The molecule has 0 saturated carbocycles. The molecule has 7 nitrogen and oxygen atoms in total. The second kappa shape index (κ2) is 9.26. The number of aliphatic hydroxyl groups excluding tert-OH is 1. The SMILES string of the molecule is CCCCOCN(CCC)S(=O)(=O)OC(=O)CO. The van der Waals surface area contributed by atoms with Crippen molar-refractivity contribution in [1.82, 2.24) is 4.31 Å². The first-order valence-corrected chi connectivity index (χ1v) is 7.25. The molecule has 0 aliphatic rings. The normalized spacial score (nSPS) is 11.8. The van der Waals surface area contributed by atoms with Crippen LogP contribution in [0, 0.1) is 0 Å². The highest BCUT2D eigenvalue weighted by atomic mass is 32.2. The summed E-state index contributed by atoms with van der Waals surface area (Å²) in [7, 11) is -4.18. The third-order valence-electron chi connectivity index (χ3n) is 1.99. The summed E-state index contributed by atoms with van der Waals surface area (Å²) in [6, 6.07) is 0. The van der Waals surface area contributed by atoms with Crippen molar-refractivity contribution < 1.29 is 27.2 Å². The predicted molar refractivity (Wildman–Crippen MR) is 64.8 cm³/mol. The largest absolute Gasteiger partial charge is 0.389 e. The molecular weight excluding hydrogens is 262 g/mol. The first-order valence-electron chi connectivity index (χ1n) is 5.88. The fraction of sp³-hybridized carbons (Fsp3) is 0.900. The zero-order chi connectivity index (χ0) is 14.0. The topological polar surface area (TPSA) is 93.1 Å². The Kier molecular flexibility index (Phi) is 8.90. The minimum Gasteiger partial charge on any atom is -0.385 e. The van der Waals surface area contributed by atoms with Crippen LogP contribution in [-0.4, -0.2) is 50.3 Å². The van der Waals surface area contributed by atoms with Gasteiger partial charge >= 0.3 is 16.3 Å². The molecule has 0 unspecified atom stereocenters. The molecule has 0 spiro atoms. The van der Waals surface area contributed by atoms with E-state index in [9.17, 15) is 13.2 Å². The van der Waals surface area contributed by atoms with Crippen LogP contribution in [0.2, 0.25) is 0 Å². The Bertz CT molecular complexity index is 329. The molecule has 0 heterocycles. The Morgan fingerprint density at radius 2 is 1.94 bits per heavy atom. The summed E-state index contributed by atoms with van der Waals surface area (Å²) in [6.45, 7) is 3.29. The zero-order valence-electron chi connectivity index (χ0n) is 10.8. The Hall–Kier alpha value is -0.700. The van der Waals surface area contributed by atoms with E-state index in [1.165, 1.54) is 0 Å². The summed E-state index contributed by atoms with van der Waals surface area (Å²) in [5.41, 5.74) is 0. The molecule has 0 aliphatic heterocycles. The molecule has 0 aromatic heterocycles. The molecule has 1 N–H and O–H groups in total. The number of unbranched alkanes of at least 4 members (excludes halogenated alkanes) is 1. The van der Waals surface area contributed by atoms with Gasteiger partial charge in [-0.05, 0) is 12.8 Å². The maximum absolute atomic E-state index is 11.6. The summed E-state index contributed by atoms with van der Waals surface area (Å²) < 4.78 is 33.6. The monoisotopic (exact) mass is 283 g/mol. The van der Waals surface area contributed by atoms with Gasteiger partial charge in [-0.2, -0.15) is 8.42 Å². The van der Waals surface area contributed by atoms with Crippen LogP contribution in [0.1, 0.15) is 33.1 Å². The summed E-state index contributed by atoms with van der Waals surface area (Å²) in [6.07, 6.45) is 2.34. The summed E-state index contributed by atoms with van der Waals surface area (Å²) in [5.74, 6) is -1.20. The number of rotatable bonds is 10. The van der Waals surface area contributed by atoms with Crippen LogP contribution in [0.15, 0.2) is 0 Å². The van der Waals surface area contributed by atoms with Crippen LogP contribution in [0.5, 0.6) is 0 Å². The molecule has 0 fully saturated rings. The number of ether oxygens (including phenoxy) is 1. The Morgan fingerprint density at radius 3 is 2.44 bits per heavy atom. The van der Waals surface area contributed by atoms with E-state index in [0.29, 0.717) is 13.0 Å². The van der Waals surface area contributed by atoms with E-state index < -0.39 is 22.9 Å². The first-order chi connectivity index (χ1) is 8.47. The molecule has 0 amide bonds. The van der Waals surface area contributed by atoms with E-state index in [-0.39, 0.29) is 13.3 Å². The van der Waals surface area contributed by atoms with Gasteiger partial charge in [-0.15, -0.1) is 4.31 Å². The summed E-state index contributed by atoms with van der Waals surface area (Å²) >= 11 is 0. The van der Waals surface area contributed by atoms with Crippen molar-refractivity contribution in [1.29, 1.82) is 0 Å². The number of aliphatic hydroxyl groups is 1. The minimum atomic E-state index is -4.18. The molecule has 0 rings (SSSR count). The van der Waals surface area contributed by atoms with E-state index in [4.69, 9.17) is 9.84 Å². The van der Waals surface area contributed by atoms with Gasteiger partial charge in [-0.3, -0.25) is 0 Å². The maximum atomic E-state index is 11.6. The molecule has 0 aromatic carbocycles. The van der Waals surface area contributed by atoms with Gasteiger partial charge in [0.1, 0.15) is 13.3 Å². The number of hydrogen-bond acceptors (Lipinski definition) is 6. The van der Waals surface area contributed by atoms with Gasteiger partial charge in [0.05, 0.1) is 0 Å². The number of carbonyl (C=O) groups excluding carboxylic acids is 1. The van der Waals surface area contributed by atoms with Crippen molar-refractivity contribution >= 4 is 16.3 Å². The third kappa shape index (κ3) is 6.90. The lowest BCUT2D eigenvalue weighted by molar-refractivity contribution is -0.137. The van der Waals surface area contributed by atoms with Gasteiger partial charge in [0.25, 0.3) is 0 Å². The lowest BCUT2D eigenvalue weighted by Gasteiger charge is -2.19. The van der Waals surface area contributed by atoms with E-state index in [1.807, 2.05) is 6.92 Å². The molecule has 18 heavy (non-hydrogen) atoms. The van der Waals surface area contributed by atoms with Crippen molar-refractivity contribution in [3.63, 3.8) is 0 Å². The molecule has 8 heteroatoms. The second-order valence-corrected chi connectivity index (χ2v) is 5.18. The predicted octanol–water partition coefficient (Wildman–Crippen LogP) is 0.253. The first kappa shape index (κ1) is 17.3. The van der Waals surface area contributed by atoms with Crippen LogP contribution in [0.4, 0.5) is 0 Å². The van der Waals surface area contributed by atoms with Gasteiger partial charge in [0.15, 0.2) is 0 Å². The van der Waals surface area contributed by atoms with Gasteiger partial charge in [0.2, 0.25) is 0 Å². The molecule has 0 saturated heterocycles. The zero-order valence-corrected chi connectivity index (χ0v) is 11.6. The standard InChI is InChI=1S/C10H21NO6S/c1-3-5-7-16-9-11(6-4-2)18(14,15)17-10(13)8-12/h12H,3-9H2,1-2H3. The average molecular weight is 283 g/mol. The Balaban J connectivity index is 4.41.